The molecule has 0 aliphatic rings. The summed E-state index contributed by atoms with van der Waals surface area (Å²) in [6.45, 7) is 0.814. The van der Waals surface area contributed by atoms with Gasteiger partial charge in [0.25, 0.3) is 5.91 Å². The van der Waals surface area contributed by atoms with Crippen molar-refractivity contribution >= 4 is 24.0 Å². The maximum Gasteiger partial charge on any atom is 0.311 e. The predicted octanol–water partition coefficient (Wildman–Crippen LogP) is 0.869. The molecule has 1 rings (SSSR count). The molecule has 9 heteroatoms. The highest BCUT2D eigenvalue weighted by Crippen LogP contribution is 2.30. The SMILES string of the molecule is COc1cc(OCC(=O)NCCCN)ccc1[N+](=O)[O-].Cl. The van der Waals surface area contributed by atoms with Gasteiger partial charge in [-0.1, -0.05) is 0 Å². The number of nitrogens with one attached hydrogen (secondary N) is 1. The summed E-state index contributed by atoms with van der Waals surface area (Å²) >= 11 is 0. The molecule has 1 aromatic rings. The zero-order valence-electron chi connectivity index (χ0n) is 11.5. The van der Waals surface area contributed by atoms with Crippen LogP contribution in [0.15, 0.2) is 18.2 Å². The summed E-state index contributed by atoms with van der Waals surface area (Å²) in [5.74, 6) is 0.119. The van der Waals surface area contributed by atoms with Crippen LogP contribution in [-0.2, 0) is 4.79 Å². The molecule has 0 aliphatic heterocycles. The molecule has 21 heavy (non-hydrogen) atoms. The number of carbonyl (C=O) groups is 1. The van der Waals surface area contributed by atoms with E-state index < -0.39 is 4.92 Å². The van der Waals surface area contributed by atoms with Gasteiger partial charge in [-0.2, -0.15) is 0 Å². The number of nitrogens with zero attached hydrogens (tertiary/aromatic N) is 1. The Bertz CT molecular complexity index is 484. The van der Waals surface area contributed by atoms with Crippen molar-refractivity contribution in [1.29, 1.82) is 0 Å². The second-order valence-electron chi connectivity index (χ2n) is 3.87. The number of nitrogens with two attached hydrogens (primary N) is 1. The summed E-state index contributed by atoms with van der Waals surface area (Å²) in [5.41, 5.74) is 5.14. The molecule has 0 aliphatic carbocycles. The topological polar surface area (TPSA) is 117 Å². The molecule has 0 saturated carbocycles. The molecule has 0 fully saturated rings. The lowest BCUT2D eigenvalue weighted by atomic mass is 10.3. The Morgan fingerprint density at radius 3 is 2.76 bits per heavy atom. The molecule has 1 amide bonds. The first kappa shape index (κ1) is 18.9. The van der Waals surface area contributed by atoms with Gasteiger partial charge in [0.1, 0.15) is 5.75 Å². The lowest BCUT2D eigenvalue weighted by Gasteiger charge is -2.08. The normalized spacial score (nSPS) is 9.43. The van der Waals surface area contributed by atoms with Crippen LogP contribution >= 0.6 is 12.4 Å². The van der Waals surface area contributed by atoms with Crippen molar-refractivity contribution < 1.29 is 19.2 Å². The minimum atomic E-state index is -0.553. The largest absolute Gasteiger partial charge is 0.490 e. The maximum atomic E-state index is 11.4. The van der Waals surface area contributed by atoms with E-state index >= 15 is 0 Å². The minimum Gasteiger partial charge on any atom is -0.490 e. The van der Waals surface area contributed by atoms with Crippen LogP contribution in [0.25, 0.3) is 0 Å². The third-order valence-corrected chi connectivity index (χ3v) is 2.42. The molecule has 0 heterocycles. The number of nitro benzene ring substituents is 1. The van der Waals surface area contributed by atoms with E-state index in [1.807, 2.05) is 0 Å². The Morgan fingerprint density at radius 2 is 2.19 bits per heavy atom. The number of hydrogen-bond donors (Lipinski definition) is 2. The number of methoxy groups -OCH3 is 1. The van der Waals surface area contributed by atoms with E-state index in [-0.39, 0.29) is 36.4 Å². The van der Waals surface area contributed by atoms with Crippen LogP contribution in [0.2, 0.25) is 0 Å². The van der Waals surface area contributed by atoms with Crippen LogP contribution in [0.3, 0.4) is 0 Å². The van der Waals surface area contributed by atoms with Gasteiger partial charge in [0.15, 0.2) is 6.61 Å². The summed E-state index contributed by atoms with van der Waals surface area (Å²) in [5, 5.41) is 13.3. The molecular weight excluding hydrogens is 302 g/mol. The van der Waals surface area contributed by atoms with E-state index in [0.29, 0.717) is 25.3 Å². The third-order valence-electron chi connectivity index (χ3n) is 2.42. The van der Waals surface area contributed by atoms with Crippen LogP contribution in [-0.4, -0.2) is 37.6 Å². The molecule has 0 bridgehead atoms. The van der Waals surface area contributed by atoms with Crippen LogP contribution < -0.4 is 20.5 Å². The van der Waals surface area contributed by atoms with Gasteiger partial charge in [0, 0.05) is 18.7 Å². The zero-order valence-corrected chi connectivity index (χ0v) is 12.4. The first-order chi connectivity index (χ1) is 9.58. The van der Waals surface area contributed by atoms with Crippen molar-refractivity contribution in [3.8, 4) is 11.5 Å². The first-order valence-corrected chi connectivity index (χ1v) is 6.00. The fourth-order valence-electron chi connectivity index (χ4n) is 1.43. The summed E-state index contributed by atoms with van der Waals surface area (Å²) in [4.78, 5) is 21.6. The van der Waals surface area contributed by atoms with Gasteiger partial charge in [0.05, 0.1) is 12.0 Å². The van der Waals surface area contributed by atoms with Gasteiger partial charge in [-0.15, -0.1) is 12.4 Å². The van der Waals surface area contributed by atoms with Crippen LogP contribution in [0.5, 0.6) is 11.5 Å². The highest BCUT2D eigenvalue weighted by atomic mass is 35.5. The Hall–Kier alpha value is -2.06. The second-order valence-corrected chi connectivity index (χ2v) is 3.87. The van der Waals surface area contributed by atoms with Crippen molar-refractivity contribution in [2.75, 3.05) is 26.8 Å². The number of ether oxygens (including phenoxy) is 2. The van der Waals surface area contributed by atoms with Crippen LogP contribution in [0.1, 0.15) is 6.42 Å². The van der Waals surface area contributed by atoms with E-state index in [9.17, 15) is 14.9 Å². The standard InChI is InChI=1S/C12H17N3O5.ClH/c1-19-11-7-9(3-4-10(11)15(17)18)20-8-12(16)14-6-2-5-13;/h3-4,7H,2,5-6,8,13H2,1H3,(H,14,16);1H. The molecule has 0 radical (unpaired) electrons. The molecule has 118 valence electrons. The lowest BCUT2D eigenvalue weighted by Crippen LogP contribution is -2.30. The first-order valence-electron chi connectivity index (χ1n) is 6.00. The van der Waals surface area contributed by atoms with Gasteiger partial charge in [-0.25, -0.2) is 0 Å². The number of hydrogen-bond acceptors (Lipinski definition) is 6. The lowest BCUT2D eigenvalue weighted by molar-refractivity contribution is -0.385. The average Bonchev–Trinajstić information content (AvgIpc) is 2.44. The van der Waals surface area contributed by atoms with Crippen LogP contribution in [0, 0.1) is 10.1 Å². The quantitative estimate of drug-likeness (QED) is 0.417. The number of nitro groups is 1. The van der Waals surface area contributed by atoms with Crippen molar-refractivity contribution in [3.63, 3.8) is 0 Å². The van der Waals surface area contributed by atoms with Crippen molar-refractivity contribution in [2.45, 2.75) is 6.42 Å². The molecular formula is C12H18ClN3O5. The van der Waals surface area contributed by atoms with E-state index in [1.54, 1.807) is 0 Å². The van der Waals surface area contributed by atoms with E-state index in [0.717, 1.165) is 0 Å². The predicted molar refractivity (Wildman–Crippen MR) is 79.1 cm³/mol. The van der Waals surface area contributed by atoms with Crippen molar-refractivity contribution in [3.05, 3.63) is 28.3 Å². The molecule has 0 aromatic heterocycles. The van der Waals surface area contributed by atoms with E-state index in [4.69, 9.17) is 15.2 Å². The smallest absolute Gasteiger partial charge is 0.311 e. The Labute approximate surface area is 128 Å². The summed E-state index contributed by atoms with van der Waals surface area (Å²) in [6.07, 6.45) is 0.692. The fraction of sp³-hybridized carbons (Fsp3) is 0.417. The molecule has 3 N–H and O–H groups in total. The number of carbonyl (C=O) groups excluding carboxylic acids is 1. The van der Waals surface area contributed by atoms with Gasteiger partial charge in [-0.3, -0.25) is 14.9 Å². The van der Waals surface area contributed by atoms with Crippen molar-refractivity contribution in [1.82, 2.24) is 5.32 Å². The molecule has 1 aromatic carbocycles. The summed E-state index contributed by atoms with van der Waals surface area (Å²) in [6, 6.07) is 4.04. The van der Waals surface area contributed by atoms with Crippen molar-refractivity contribution in [2.24, 2.45) is 5.73 Å². The molecule has 8 nitrogen and oxygen atoms in total. The van der Waals surface area contributed by atoms with E-state index in [2.05, 4.69) is 5.32 Å². The number of amides is 1. The molecule has 0 atom stereocenters. The molecule has 0 unspecified atom stereocenters. The summed E-state index contributed by atoms with van der Waals surface area (Å²) in [7, 11) is 1.33. The molecule has 0 spiro atoms. The Balaban J connectivity index is 0.00000400. The highest BCUT2D eigenvalue weighted by molar-refractivity contribution is 5.85. The average molecular weight is 320 g/mol. The minimum absolute atomic E-state index is 0. The number of benzene rings is 1. The van der Waals surface area contributed by atoms with Gasteiger partial charge in [-0.05, 0) is 19.0 Å². The fourth-order valence-corrected chi connectivity index (χ4v) is 1.43. The monoisotopic (exact) mass is 319 g/mol. The van der Waals surface area contributed by atoms with Gasteiger partial charge in [0.2, 0.25) is 5.75 Å². The van der Waals surface area contributed by atoms with Gasteiger partial charge < -0.3 is 20.5 Å². The zero-order chi connectivity index (χ0) is 15.0. The van der Waals surface area contributed by atoms with Crippen LogP contribution in [0.4, 0.5) is 5.69 Å². The summed E-state index contributed by atoms with van der Waals surface area (Å²) < 4.78 is 10.1. The van der Waals surface area contributed by atoms with Gasteiger partial charge >= 0.3 is 5.69 Å². The highest BCUT2D eigenvalue weighted by Gasteiger charge is 2.15. The Morgan fingerprint density at radius 1 is 1.48 bits per heavy atom. The Kier molecular flexibility index (Phi) is 8.82. The number of halogens is 1. The second kappa shape index (κ2) is 9.78. The molecule has 0 saturated heterocycles. The third kappa shape index (κ3) is 6.28. The maximum absolute atomic E-state index is 11.4. The number of rotatable bonds is 8. The van der Waals surface area contributed by atoms with E-state index in [1.165, 1.54) is 25.3 Å².